The molecular formula is C25H28N2O5S. The zero-order valence-corrected chi connectivity index (χ0v) is 19.7. The number of hydrogen-bond acceptors (Lipinski definition) is 5. The van der Waals surface area contributed by atoms with Gasteiger partial charge in [-0.15, -0.1) is 0 Å². The van der Waals surface area contributed by atoms with Crippen LogP contribution in [0.5, 0.6) is 11.5 Å². The topological polar surface area (TPSA) is 93.7 Å². The highest BCUT2D eigenvalue weighted by atomic mass is 32.2. The van der Waals surface area contributed by atoms with Crippen molar-refractivity contribution in [2.24, 2.45) is 0 Å². The minimum atomic E-state index is -3.78. The predicted molar refractivity (Wildman–Crippen MR) is 129 cm³/mol. The summed E-state index contributed by atoms with van der Waals surface area (Å²) in [5.41, 5.74) is 2.01. The minimum absolute atomic E-state index is 0.0809. The summed E-state index contributed by atoms with van der Waals surface area (Å²) in [5.74, 6) is 0.975. The molecule has 2 N–H and O–H groups in total. The van der Waals surface area contributed by atoms with Crippen LogP contribution < -0.4 is 19.5 Å². The summed E-state index contributed by atoms with van der Waals surface area (Å²) in [6.07, 6.45) is -0.185. The van der Waals surface area contributed by atoms with Crippen LogP contribution in [0.1, 0.15) is 25.8 Å². The molecule has 174 valence electrons. The van der Waals surface area contributed by atoms with Gasteiger partial charge in [0.05, 0.1) is 11.5 Å². The van der Waals surface area contributed by atoms with Gasteiger partial charge in [0.2, 0.25) is 0 Å². The molecule has 0 bridgehead atoms. The highest BCUT2D eigenvalue weighted by Crippen LogP contribution is 2.21. The average Bonchev–Trinajstić information content (AvgIpc) is 2.80. The smallest absolute Gasteiger partial charge is 0.265 e. The van der Waals surface area contributed by atoms with Crippen LogP contribution in [-0.2, 0) is 14.8 Å². The van der Waals surface area contributed by atoms with E-state index in [-0.39, 0.29) is 10.8 Å². The number of carbonyl (C=O) groups excluding carboxylic acids is 1. The molecule has 0 fully saturated rings. The molecule has 7 nitrogen and oxygen atoms in total. The summed E-state index contributed by atoms with van der Waals surface area (Å²) in [6, 6.07) is 20.1. The van der Waals surface area contributed by atoms with Crippen LogP contribution in [0.25, 0.3) is 0 Å². The lowest BCUT2D eigenvalue weighted by atomic mass is 10.2. The number of carbonyl (C=O) groups is 1. The van der Waals surface area contributed by atoms with E-state index < -0.39 is 16.1 Å². The molecule has 0 aromatic heterocycles. The molecule has 1 unspecified atom stereocenters. The van der Waals surface area contributed by atoms with E-state index in [0.29, 0.717) is 35.9 Å². The Morgan fingerprint density at radius 1 is 0.848 bits per heavy atom. The molecule has 0 spiro atoms. The van der Waals surface area contributed by atoms with Gasteiger partial charge in [-0.1, -0.05) is 24.6 Å². The third-order valence-corrected chi connectivity index (χ3v) is 6.21. The van der Waals surface area contributed by atoms with E-state index in [1.165, 1.54) is 12.1 Å². The van der Waals surface area contributed by atoms with Gasteiger partial charge in [-0.25, -0.2) is 8.42 Å². The zero-order chi connectivity index (χ0) is 23.8. The molecule has 3 aromatic carbocycles. The number of hydrogen-bond donors (Lipinski definition) is 2. The second kappa shape index (κ2) is 10.9. The van der Waals surface area contributed by atoms with Crippen LogP contribution in [-0.4, -0.2) is 27.0 Å². The average molecular weight is 469 g/mol. The van der Waals surface area contributed by atoms with Crippen molar-refractivity contribution in [2.45, 2.75) is 38.2 Å². The first-order chi connectivity index (χ1) is 15.8. The van der Waals surface area contributed by atoms with Crippen LogP contribution >= 0.6 is 0 Å². The number of benzene rings is 3. The maximum absolute atomic E-state index is 12.7. The Kier molecular flexibility index (Phi) is 7.95. The third-order valence-electron chi connectivity index (χ3n) is 4.81. The number of anilines is 2. The molecular weight excluding hydrogens is 440 g/mol. The van der Waals surface area contributed by atoms with Crippen LogP contribution in [0, 0.1) is 6.92 Å². The van der Waals surface area contributed by atoms with Crippen LogP contribution in [0.4, 0.5) is 11.4 Å². The van der Waals surface area contributed by atoms with Crippen molar-refractivity contribution in [3.63, 3.8) is 0 Å². The summed E-state index contributed by atoms with van der Waals surface area (Å²) in [6.45, 7) is 6.25. The Morgan fingerprint density at radius 3 is 2.00 bits per heavy atom. The normalized spacial score (nSPS) is 12.0. The van der Waals surface area contributed by atoms with Gasteiger partial charge >= 0.3 is 0 Å². The van der Waals surface area contributed by atoms with Crippen molar-refractivity contribution in [3.8, 4) is 11.5 Å². The fraction of sp³-hybridized carbons (Fsp3) is 0.240. The highest BCUT2D eigenvalue weighted by Gasteiger charge is 2.19. The number of nitrogens with one attached hydrogen (secondary N) is 2. The van der Waals surface area contributed by atoms with Crippen LogP contribution in [0.2, 0.25) is 0 Å². The minimum Gasteiger partial charge on any atom is -0.494 e. The number of aryl methyl sites for hydroxylation is 1. The molecule has 0 aliphatic heterocycles. The Balaban J connectivity index is 1.63. The molecule has 3 aromatic rings. The molecule has 0 saturated heterocycles. The maximum Gasteiger partial charge on any atom is 0.265 e. The van der Waals surface area contributed by atoms with E-state index >= 15 is 0 Å². The van der Waals surface area contributed by atoms with E-state index in [4.69, 9.17) is 9.47 Å². The fourth-order valence-corrected chi connectivity index (χ4v) is 4.10. The molecule has 0 aliphatic rings. The van der Waals surface area contributed by atoms with Crippen molar-refractivity contribution in [1.29, 1.82) is 0 Å². The Bertz CT molecular complexity index is 1160. The van der Waals surface area contributed by atoms with Gasteiger partial charge < -0.3 is 14.8 Å². The fourth-order valence-electron chi connectivity index (χ4n) is 3.04. The number of sulfonamides is 1. The second-order valence-electron chi connectivity index (χ2n) is 7.40. The summed E-state index contributed by atoms with van der Waals surface area (Å²) in [4.78, 5) is 12.7. The van der Waals surface area contributed by atoms with E-state index in [1.807, 2.05) is 45.0 Å². The van der Waals surface area contributed by atoms with Gasteiger partial charge in [0.25, 0.3) is 15.9 Å². The monoisotopic (exact) mass is 468 g/mol. The third kappa shape index (κ3) is 6.73. The van der Waals surface area contributed by atoms with Crippen molar-refractivity contribution < 1.29 is 22.7 Å². The predicted octanol–water partition coefficient (Wildman–Crippen LogP) is 4.99. The van der Waals surface area contributed by atoms with Crippen molar-refractivity contribution in [2.75, 3.05) is 16.6 Å². The lowest BCUT2D eigenvalue weighted by Gasteiger charge is -2.17. The molecule has 0 aliphatic carbocycles. The lowest BCUT2D eigenvalue weighted by Crippen LogP contribution is -2.32. The van der Waals surface area contributed by atoms with Crippen LogP contribution in [0.15, 0.2) is 77.7 Å². The maximum atomic E-state index is 12.7. The van der Waals surface area contributed by atoms with E-state index in [9.17, 15) is 13.2 Å². The Hall–Kier alpha value is -3.52. The Morgan fingerprint density at radius 2 is 1.42 bits per heavy atom. The van der Waals surface area contributed by atoms with Gasteiger partial charge in [0, 0.05) is 11.4 Å². The first-order valence-corrected chi connectivity index (χ1v) is 12.2. The lowest BCUT2D eigenvalue weighted by molar-refractivity contribution is -0.122. The first-order valence-electron chi connectivity index (χ1n) is 10.7. The first kappa shape index (κ1) is 24.1. The molecule has 0 radical (unpaired) electrons. The van der Waals surface area contributed by atoms with Crippen molar-refractivity contribution in [3.05, 3.63) is 78.4 Å². The van der Waals surface area contributed by atoms with Crippen molar-refractivity contribution in [1.82, 2.24) is 0 Å². The standard InChI is InChI=1S/C25H28N2O5S/c1-4-24(32-22-12-6-18(3)7-13-22)25(28)26-19-10-16-23(17-11-19)33(29,30)27-20-8-14-21(15-9-20)31-5-2/h6-17,24,27H,4-5H2,1-3H3,(H,26,28). The second-order valence-corrected chi connectivity index (χ2v) is 9.09. The summed E-state index contributed by atoms with van der Waals surface area (Å²) < 4.78 is 39.0. The number of rotatable bonds is 10. The summed E-state index contributed by atoms with van der Waals surface area (Å²) in [7, 11) is -3.78. The van der Waals surface area contributed by atoms with E-state index in [2.05, 4.69) is 10.0 Å². The molecule has 8 heteroatoms. The number of ether oxygens (including phenoxy) is 2. The SMILES string of the molecule is CCOc1ccc(NS(=O)(=O)c2ccc(NC(=O)C(CC)Oc3ccc(C)cc3)cc2)cc1. The highest BCUT2D eigenvalue weighted by molar-refractivity contribution is 7.92. The largest absolute Gasteiger partial charge is 0.494 e. The van der Waals surface area contributed by atoms with Crippen LogP contribution in [0.3, 0.4) is 0 Å². The zero-order valence-electron chi connectivity index (χ0n) is 18.9. The van der Waals surface area contributed by atoms with Gasteiger partial charge in [-0.3, -0.25) is 9.52 Å². The van der Waals surface area contributed by atoms with Gasteiger partial charge in [-0.2, -0.15) is 0 Å². The molecule has 0 saturated carbocycles. The Labute approximate surface area is 194 Å². The van der Waals surface area contributed by atoms with E-state index in [1.54, 1.807) is 36.4 Å². The van der Waals surface area contributed by atoms with Crippen molar-refractivity contribution >= 4 is 27.3 Å². The van der Waals surface area contributed by atoms with Gasteiger partial charge in [0.15, 0.2) is 6.10 Å². The summed E-state index contributed by atoms with van der Waals surface area (Å²) in [5, 5.41) is 2.78. The van der Waals surface area contributed by atoms with Gasteiger partial charge in [0.1, 0.15) is 11.5 Å². The molecule has 33 heavy (non-hydrogen) atoms. The molecule has 1 amide bonds. The number of amides is 1. The quantitative estimate of drug-likeness (QED) is 0.437. The molecule has 0 heterocycles. The molecule has 3 rings (SSSR count). The van der Waals surface area contributed by atoms with Gasteiger partial charge in [-0.05, 0) is 80.9 Å². The molecule has 1 atom stereocenters. The summed E-state index contributed by atoms with van der Waals surface area (Å²) >= 11 is 0. The van der Waals surface area contributed by atoms with E-state index in [0.717, 1.165) is 5.56 Å².